The fourth-order valence-corrected chi connectivity index (χ4v) is 5.43. The lowest BCUT2D eigenvalue weighted by Crippen LogP contribution is -2.29. The van der Waals surface area contributed by atoms with Crippen molar-refractivity contribution < 1.29 is 0 Å². The quantitative estimate of drug-likeness (QED) is 0.665. The van der Waals surface area contributed by atoms with Crippen molar-refractivity contribution in [2.45, 2.75) is 52.9 Å². The van der Waals surface area contributed by atoms with Gasteiger partial charge in [0.2, 0.25) is 0 Å². The molecule has 0 N–H and O–H groups in total. The average molecular weight is 240 g/mol. The molecule has 0 aromatic heterocycles. The van der Waals surface area contributed by atoms with Crippen LogP contribution >= 0.6 is 11.8 Å². The van der Waals surface area contributed by atoms with Crippen molar-refractivity contribution in [3.8, 4) is 0 Å². The fourth-order valence-electron chi connectivity index (χ4n) is 3.79. The van der Waals surface area contributed by atoms with E-state index in [9.17, 15) is 0 Å². The molecule has 2 fully saturated rings. The smallest absolute Gasteiger partial charge is 0.00334 e. The van der Waals surface area contributed by atoms with Gasteiger partial charge in [0.15, 0.2) is 0 Å². The molecule has 1 heterocycles. The lowest BCUT2D eigenvalue weighted by atomic mass is 9.70. The van der Waals surface area contributed by atoms with E-state index < -0.39 is 0 Å². The molecule has 94 valence electrons. The van der Waals surface area contributed by atoms with Crippen LogP contribution in [0.2, 0.25) is 0 Å². The Hall–Kier alpha value is 0.350. The van der Waals surface area contributed by atoms with E-state index in [1.165, 1.54) is 43.6 Å². The second kappa shape index (κ2) is 5.80. The summed E-state index contributed by atoms with van der Waals surface area (Å²) in [5.74, 6) is 8.04. The SMILES string of the molecule is CCCC1CCC(C)C(C)CC2CSCC12. The summed E-state index contributed by atoms with van der Waals surface area (Å²) in [5.41, 5.74) is 0. The second-order valence-electron chi connectivity index (χ2n) is 6.28. The molecule has 0 aromatic rings. The maximum atomic E-state index is 2.49. The van der Waals surface area contributed by atoms with Gasteiger partial charge in [-0.1, -0.05) is 40.0 Å². The van der Waals surface area contributed by atoms with Crippen molar-refractivity contribution in [1.82, 2.24) is 0 Å². The van der Waals surface area contributed by atoms with Crippen molar-refractivity contribution in [3.63, 3.8) is 0 Å². The summed E-state index contributed by atoms with van der Waals surface area (Å²) in [6, 6.07) is 0. The van der Waals surface area contributed by atoms with Gasteiger partial charge in [0.1, 0.15) is 0 Å². The van der Waals surface area contributed by atoms with Crippen LogP contribution in [0.1, 0.15) is 52.9 Å². The molecule has 0 nitrogen and oxygen atoms in total. The molecule has 1 saturated carbocycles. The zero-order valence-corrected chi connectivity index (χ0v) is 12.1. The molecule has 0 bridgehead atoms. The van der Waals surface area contributed by atoms with Crippen molar-refractivity contribution in [1.29, 1.82) is 0 Å². The number of fused-ring (bicyclic) bond motifs is 1. The van der Waals surface area contributed by atoms with Crippen LogP contribution in [0.25, 0.3) is 0 Å². The van der Waals surface area contributed by atoms with Gasteiger partial charge in [0.05, 0.1) is 0 Å². The summed E-state index contributed by atoms with van der Waals surface area (Å²) in [4.78, 5) is 0. The molecule has 2 aliphatic rings. The Kier molecular flexibility index (Phi) is 4.64. The summed E-state index contributed by atoms with van der Waals surface area (Å²) in [6.45, 7) is 7.34. The van der Waals surface area contributed by atoms with Crippen molar-refractivity contribution in [2.24, 2.45) is 29.6 Å². The first kappa shape index (κ1) is 12.8. The zero-order valence-electron chi connectivity index (χ0n) is 11.2. The van der Waals surface area contributed by atoms with Gasteiger partial charge in [-0.3, -0.25) is 0 Å². The Labute approximate surface area is 106 Å². The van der Waals surface area contributed by atoms with Crippen LogP contribution in [0, 0.1) is 29.6 Å². The van der Waals surface area contributed by atoms with Crippen LogP contribution in [-0.4, -0.2) is 11.5 Å². The summed E-state index contributed by atoms with van der Waals surface area (Å²) in [7, 11) is 0. The largest absolute Gasteiger partial charge is 0.161 e. The van der Waals surface area contributed by atoms with Crippen LogP contribution in [-0.2, 0) is 0 Å². The summed E-state index contributed by atoms with van der Waals surface area (Å²) >= 11 is 2.23. The standard InChI is InChI=1S/C15H28S/c1-4-5-13-7-6-11(2)12(3)8-14-9-16-10-15(13)14/h11-15H,4-10H2,1-3H3. The van der Waals surface area contributed by atoms with Gasteiger partial charge in [-0.15, -0.1) is 0 Å². The molecule has 5 unspecified atom stereocenters. The summed E-state index contributed by atoms with van der Waals surface area (Å²) in [5, 5.41) is 0. The molecule has 1 heteroatoms. The highest BCUT2D eigenvalue weighted by Crippen LogP contribution is 2.45. The number of rotatable bonds is 2. The molecule has 0 radical (unpaired) electrons. The Balaban J connectivity index is 2.04. The normalized spacial score (nSPS) is 44.8. The van der Waals surface area contributed by atoms with Crippen molar-refractivity contribution in [2.75, 3.05) is 11.5 Å². The zero-order chi connectivity index (χ0) is 11.5. The first-order valence-electron chi connectivity index (χ1n) is 7.30. The highest BCUT2D eigenvalue weighted by atomic mass is 32.2. The maximum Gasteiger partial charge on any atom is -0.00334 e. The number of hydrogen-bond donors (Lipinski definition) is 0. The van der Waals surface area contributed by atoms with Gasteiger partial charge >= 0.3 is 0 Å². The molecule has 16 heavy (non-hydrogen) atoms. The molecule has 5 atom stereocenters. The lowest BCUT2D eigenvalue weighted by Gasteiger charge is -2.35. The lowest BCUT2D eigenvalue weighted by molar-refractivity contribution is 0.157. The van der Waals surface area contributed by atoms with E-state index >= 15 is 0 Å². The Morgan fingerprint density at radius 2 is 1.88 bits per heavy atom. The minimum absolute atomic E-state index is 0.964. The summed E-state index contributed by atoms with van der Waals surface area (Å²) < 4.78 is 0. The topological polar surface area (TPSA) is 0 Å². The van der Waals surface area contributed by atoms with Gasteiger partial charge in [0.25, 0.3) is 0 Å². The van der Waals surface area contributed by atoms with E-state index in [-0.39, 0.29) is 0 Å². The van der Waals surface area contributed by atoms with Crippen LogP contribution in [0.4, 0.5) is 0 Å². The van der Waals surface area contributed by atoms with E-state index in [2.05, 4.69) is 32.5 Å². The Morgan fingerprint density at radius 3 is 2.62 bits per heavy atom. The predicted molar refractivity (Wildman–Crippen MR) is 74.9 cm³/mol. The third-order valence-electron chi connectivity index (χ3n) is 5.15. The number of hydrogen-bond acceptors (Lipinski definition) is 1. The van der Waals surface area contributed by atoms with Crippen LogP contribution in [0.5, 0.6) is 0 Å². The average Bonchev–Trinajstić information content (AvgIpc) is 2.70. The van der Waals surface area contributed by atoms with Crippen LogP contribution in [0.15, 0.2) is 0 Å². The minimum Gasteiger partial charge on any atom is -0.161 e. The van der Waals surface area contributed by atoms with E-state index in [1.54, 1.807) is 0 Å². The molecular weight excluding hydrogens is 212 g/mol. The molecule has 0 spiro atoms. The van der Waals surface area contributed by atoms with Gasteiger partial charge in [-0.2, -0.15) is 11.8 Å². The van der Waals surface area contributed by atoms with Crippen molar-refractivity contribution >= 4 is 11.8 Å². The molecule has 1 aliphatic heterocycles. The van der Waals surface area contributed by atoms with Gasteiger partial charge in [0, 0.05) is 0 Å². The maximum absolute atomic E-state index is 2.49. The molecule has 1 aliphatic carbocycles. The van der Waals surface area contributed by atoms with Crippen molar-refractivity contribution in [3.05, 3.63) is 0 Å². The van der Waals surface area contributed by atoms with Gasteiger partial charge in [-0.25, -0.2) is 0 Å². The van der Waals surface area contributed by atoms with Gasteiger partial charge in [-0.05, 0) is 53.9 Å². The molecule has 1 saturated heterocycles. The Bertz CT molecular complexity index is 213. The van der Waals surface area contributed by atoms with E-state index in [0.29, 0.717) is 0 Å². The van der Waals surface area contributed by atoms with E-state index in [0.717, 1.165) is 29.6 Å². The van der Waals surface area contributed by atoms with Crippen LogP contribution in [0.3, 0.4) is 0 Å². The highest BCUT2D eigenvalue weighted by molar-refractivity contribution is 7.99. The monoisotopic (exact) mass is 240 g/mol. The predicted octanol–water partition coefficient (Wildman–Crippen LogP) is 4.84. The van der Waals surface area contributed by atoms with Gasteiger partial charge < -0.3 is 0 Å². The minimum atomic E-state index is 0.964. The number of thioether (sulfide) groups is 1. The second-order valence-corrected chi connectivity index (χ2v) is 7.35. The molecule has 0 aromatic carbocycles. The Morgan fingerprint density at radius 1 is 1.06 bits per heavy atom. The third-order valence-corrected chi connectivity index (χ3v) is 6.44. The highest BCUT2D eigenvalue weighted by Gasteiger charge is 2.36. The van der Waals surface area contributed by atoms with Crippen LogP contribution < -0.4 is 0 Å². The first-order valence-corrected chi connectivity index (χ1v) is 8.45. The first-order chi connectivity index (χ1) is 7.72. The molecule has 0 amide bonds. The third kappa shape index (κ3) is 2.78. The fraction of sp³-hybridized carbons (Fsp3) is 1.00. The molecule has 2 rings (SSSR count). The summed E-state index contributed by atoms with van der Waals surface area (Å²) in [6.07, 6.45) is 7.39. The van der Waals surface area contributed by atoms with E-state index in [1.807, 2.05) is 0 Å². The molecular formula is C15H28S. The van der Waals surface area contributed by atoms with E-state index in [4.69, 9.17) is 0 Å².